The van der Waals surface area contributed by atoms with Gasteiger partial charge in [-0.2, -0.15) is 5.10 Å². The van der Waals surface area contributed by atoms with Crippen LogP contribution < -0.4 is 0 Å². The van der Waals surface area contributed by atoms with Gasteiger partial charge in [0.05, 0.1) is 24.0 Å². The third-order valence-corrected chi connectivity index (χ3v) is 3.63. The van der Waals surface area contributed by atoms with Gasteiger partial charge < -0.3 is 5.11 Å². The smallest absolute Gasteiger partial charge is 0.338 e. The fraction of sp³-hybridized carbons (Fsp3) is 0.0714. The minimum absolute atomic E-state index is 0.185. The van der Waals surface area contributed by atoms with Crippen LogP contribution in [0.3, 0.4) is 0 Å². The molecule has 3 rings (SSSR count). The zero-order valence-electron chi connectivity index (χ0n) is 10.4. The van der Waals surface area contributed by atoms with Crippen LogP contribution in [-0.4, -0.2) is 25.8 Å². The normalized spacial score (nSPS) is 10.6. The Bertz CT molecular complexity index is 734. The van der Waals surface area contributed by atoms with Crippen molar-refractivity contribution in [3.63, 3.8) is 0 Å². The second-order valence-electron chi connectivity index (χ2n) is 4.22. The molecule has 0 saturated carbocycles. The molecule has 0 saturated heterocycles. The molecule has 0 spiro atoms. The Morgan fingerprint density at radius 3 is 2.80 bits per heavy atom. The summed E-state index contributed by atoms with van der Waals surface area (Å²) < 4.78 is 1.58. The van der Waals surface area contributed by atoms with Crippen LogP contribution in [0.1, 0.15) is 15.4 Å². The van der Waals surface area contributed by atoms with E-state index >= 15 is 0 Å². The summed E-state index contributed by atoms with van der Waals surface area (Å²) in [7, 11) is 0. The van der Waals surface area contributed by atoms with Crippen LogP contribution in [-0.2, 0) is 6.54 Å². The van der Waals surface area contributed by atoms with E-state index in [2.05, 4.69) is 10.1 Å². The average Bonchev–Trinajstić information content (AvgIpc) is 3.10. The number of rotatable bonds is 4. The van der Waals surface area contributed by atoms with Crippen molar-refractivity contribution in [1.82, 2.24) is 14.8 Å². The highest BCUT2D eigenvalue weighted by Gasteiger charge is 2.08. The highest BCUT2D eigenvalue weighted by molar-refractivity contribution is 7.09. The first kappa shape index (κ1) is 12.6. The Morgan fingerprint density at radius 2 is 2.10 bits per heavy atom. The third kappa shape index (κ3) is 2.60. The Morgan fingerprint density at radius 1 is 1.30 bits per heavy atom. The van der Waals surface area contributed by atoms with Gasteiger partial charge in [0.15, 0.2) is 0 Å². The van der Waals surface area contributed by atoms with E-state index in [1.54, 1.807) is 4.68 Å². The average molecular weight is 285 g/mol. The number of thiazole rings is 1. The number of carboxylic acid groups (broad SMARTS) is 1. The Balaban J connectivity index is 1.78. The Kier molecular flexibility index (Phi) is 3.30. The second kappa shape index (κ2) is 5.26. The lowest BCUT2D eigenvalue weighted by Gasteiger charge is -1.97. The van der Waals surface area contributed by atoms with Crippen molar-refractivity contribution in [3.05, 3.63) is 58.7 Å². The topological polar surface area (TPSA) is 68.0 Å². The molecule has 0 radical (unpaired) electrons. The predicted octanol–water partition coefficient (Wildman–Crippen LogP) is 2.75. The lowest BCUT2D eigenvalue weighted by Crippen LogP contribution is -2.00. The number of hydrogen-bond acceptors (Lipinski definition) is 4. The molecule has 0 aliphatic heterocycles. The molecule has 0 bridgehead atoms. The molecule has 0 amide bonds. The van der Waals surface area contributed by atoms with E-state index in [9.17, 15) is 4.79 Å². The van der Waals surface area contributed by atoms with Gasteiger partial charge in [0.25, 0.3) is 0 Å². The molecule has 0 atom stereocenters. The van der Waals surface area contributed by atoms with Gasteiger partial charge in [0.2, 0.25) is 0 Å². The molecule has 20 heavy (non-hydrogen) atoms. The predicted molar refractivity (Wildman–Crippen MR) is 75.8 cm³/mol. The number of carboxylic acids is 1. The molecule has 6 heteroatoms. The molecule has 3 aromatic rings. The van der Waals surface area contributed by atoms with Crippen molar-refractivity contribution in [2.75, 3.05) is 0 Å². The zero-order valence-corrected chi connectivity index (χ0v) is 11.2. The van der Waals surface area contributed by atoms with Crippen LogP contribution in [0.25, 0.3) is 11.3 Å². The SMILES string of the molecule is O=C(O)c1cnn(Cc2nc(-c3ccccc3)cs2)c1. The molecule has 100 valence electrons. The van der Waals surface area contributed by atoms with Gasteiger partial charge in [-0.15, -0.1) is 11.3 Å². The van der Waals surface area contributed by atoms with Gasteiger partial charge in [-0.1, -0.05) is 30.3 Å². The summed E-state index contributed by atoms with van der Waals surface area (Å²) in [5.74, 6) is -0.972. The van der Waals surface area contributed by atoms with Gasteiger partial charge >= 0.3 is 5.97 Å². The van der Waals surface area contributed by atoms with Crippen LogP contribution in [0, 0.1) is 0 Å². The lowest BCUT2D eigenvalue weighted by molar-refractivity contribution is 0.0697. The van der Waals surface area contributed by atoms with E-state index < -0.39 is 5.97 Å². The Hall–Kier alpha value is -2.47. The first-order chi connectivity index (χ1) is 9.72. The second-order valence-corrected chi connectivity index (χ2v) is 5.17. The molecular weight excluding hydrogens is 274 g/mol. The van der Waals surface area contributed by atoms with E-state index in [0.717, 1.165) is 16.3 Å². The maximum absolute atomic E-state index is 10.8. The fourth-order valence-corrected chi connectivity index (χ4v) is 2.62. The summed E-state index contributed by atoms with van der Waals surface area (Å²) in [6.07, 6.45) is 2.85. The standard InChI is InChI=1S/C14H11N3O2S/c18-14(19)11-6-15-17(7-11)8-13-16-12(9-20-13)10-4-2-1-3-5-10/h1-7,9H,8H2,(H,18,19). The van der Waals surface area contributed by atoms with E-state index in [0.29, 0.717) is 6.54 Å². The molecule has 0 fully saturated rings. The monoisotopic (exact) mass is 285 g/mol. The summed E-state index contributed by atoms with van der Waals surface area (Å²) in [5, 5.41) is 15.8. The molecule has 2 heterocycles. The van der Waals surface area contributed by atoms with Crippen molar-refractivity contribution in [3.8, 4) is 11.3 Å². The minimum Gasteiger partial charge on any atom is -0.478 e. The number of hydrogen-bond donors (Lipinski definition) is 1. The summed E-state index contributed by atoms with van der Waals surface area (Å²) in [6, 6.07) is 9.93. The number of aromatic nitrogens is 3. The largest absolute Gasteiger partial charge is 0.478 e. The number of aromatic carboxylic acids is 1. The van der Waals surface area contributed by atoms with Crippen molar-refractivity contribution in [1.29, 1.82) is 0 Å². The fourth-order valence-electron chi connectivity index (χ4n) is 1.82. The van der Waals surface area contributed by atoms with Crippen molar-refractivity contribution < 1.29 is 9.90 Å². The van der Waals surface area contributed by atoms with E-state index in [-0.39, 0.29) is 5.56 Å². The van der Waals surface area contributed by atoms with Gasteiger partial charge in [0, 0.05) is 17.1 Å². The summed E-state index contributed by atoms with van der Waals surface area (Å²) in [4.78, 5) is 15.3. The van der Waals surface area contributed by atoms with Crippen LogP contribution in [0.5, 0.6) is 0 Å². The van der Waals surface area contributed by atoms with E-state index in [4.69, 9.17) is 5.11 Å². The van der Waals surface area contributed by atoms with Gasteiger partial charge in [-0.25, -0.2) is 9.78 Å². The maximum atomic E-state index is 10.8. The first-order valence-corrected chi connectivity index (χ1v) is 6.86. The maximum Gasteiger partial charge on any atom is 0.338 e. The molecule has 0 aliphatic carbocycles. The molecule has 1 aromatic carbocycles. The van der Waals surface area contributed by atoms with Gasteiger partial charge in [-0.05, 0) is 0 Å². The minimum atomic E-state index is -0.972. The molecule has 2 aromatic heterocycles. The van der Waals surface area contributed by atoms with Crippen LogP contribution in [0.4, 0.5) is 0 Å². The van der Waals surface area contributed by atoms with Crippen LogP contribution in [0.2, 0.25) is 0 Å². The van der Waals surface area contributed by atoms with Crippen molar-refractivity contribution >= 4 is 17.3 Å². The summed E-state index contributed by atoms with van der Waals surface area (Å²) in [6.45, 7) is 0.477. The number of nitrogens with zero attached hydrogens (tertiary/aromatic N) is 3. The van der Waals surface area contributed by atoms with Gasteiger partial charge in [0.1, 0.15) is 5.01 Å². The van der Waals surface area contributed by atoms with Crippen LogP contribution in [0.15, 0.2) is 48.1 Å². The number of carbonyl (C=O) groups is 1. The lowest BCUT2D eigenvalue weighted by atomic mass is 10.2. The highest BCUT2D eigenvalue weighted by atomic mass is 32.1. The number of benzene rings is 1. The van der Waals surface area contributed by atoms with E-state index in [1.165, 1.54) is 23.7 Å². The van der Waals surface area contributed by atoms with E-state index in [1.807, 2.05) is 35.7 Å². The molecule has 1 N–H and O–H groups in total. The first-order valence-electron chi connectivity index (χ1n) is 5.98. The van der Waals surface area contributed by atoms with Gasteiger partial charge in [-0.3, -0.25) is 4.68 Å². The van der Waals surface area contributed by atoms with Crippen molar-refractivity contribution in [2.45, 2.75) is 6.54 Å². The molecular formula is C14H11N3O2S. The molecule has 0 unspecified atom stereocenters. The molecule has 0 aliphatic rings. The van der Waals surface area contributed by atoms with Crippen molar-refractivity contribution in [2.24, 2.45) is 0 Å². The zero-order chi connectivity index (χ0) is 13.9. The third-order valence-electron chi connectivity index (χ3n) is 2.80. The summed E-state index contributed by atoms with van der Waals surface area (Å²) in [5.41, 5.74) is 2.18. The molecule has 5 nitrogen and oxygen atoms in total. The quantitative estimate of drug-likeness (QED) is 0.800. The summed E-state index contributed by atoms with van der Waals surface area (Å²) >= 11 is 1.54. The highest BCUT2D eigenvalue weighted by Crippen LogP contribution is 2.21. The Labute approximate surface area is 119 Å². The van der Waals surface area contributed by atoms with Crippen LogP contribution >= 0.6 is 11.3 Å².